The molecule has 0 aliphatic rings. The maximum Gasteiger partial charge on any atom is 0.135 e. The third-order valence-electron chi connectivity index (χ3n) is 17.9. The highest BCUT2D eigenvalue weighted by molar-refractivity contribution is 6.16. The van der Waals surface area contributed by atoms with E-state index in [2.05, 4.69) is 297 Å². The van der Waals surface area contributed by atoms with Gasteiger partial charge in [0.05, 0.1) is 44.1 Å². The Hall–Kier alpha value is -11.3. The van der Waals surface area contributed by atoms with Crippen LogP contribution in [0.25, 0.3) is 176 Å². The number of aromatic nitrogens is 4. The van der Waals surface area contributed by atoms with Crippen molar-refractivity contribution in [1.29, 1.82) is 0 Å². The molecule has 0 atom stereocenters. The molecular formula is C78H46N4O2. The van der Waals surface area contributed by atoms with E-state index >= 15 is 0 Å². The minimum Gasteiger partial charge on any atom is -0.456 e. The molecule has 6 heteroatoms. The van der Waals surface area contributed by atoms with E-state index in [9.17, 15) is 0 Å². The van der Waals surface area contributed by atoms with Gasteiger partial charge in [-0.15, -0.1) is 0 Å². The van der Waals surface area contributed by atoms with Crippen molar-refractivity contribution >= 4 is 131 Å². The third kappa shape index (κ3) is 6.44. The molecule has 13 aromatic carbocycles. The molecule has 6 aromatic heterocycles. The van der Waals surface area contributed by atoms with Crippen LogP contribution in [-0.2, 0) is 0 Å². The van der Waals surface area contributed by atoms with Crippen LogP contribution in [-0.4, -0.2) is 18.3 Å². The molecule has 0 unspecified atom stereocenters. The van der Waals surface area contributed by atoms with Gasteiger partial charge in [0.25, 0.3) is 0 Å². The van der Waals surface area contributed by atoms with Crippen LogP contribution in [0.15, 0.2) is 288 Å². The summed E-state index contributed by atoms with van der Waals surface area (Å²) >= 11 is 0. The minimum absolute atomic E-state index is 0.869. The largest absolute Gasteiger partial charge is 0.456 e. The van der Waals surface area contributed by atoms with E-state index in [4.69, 9.17) is 8.83 Å². The second kappa shape index (κ2) is 17.1. The summed E-state index contributed by atoms with van der Waals surface area (Å²) in [5, 5.41) is 14.2. The van der Waals surface area contributed by atoms with Crippen LogP contribution in [0.4, 0.5) is 0 Å². The number of rotatable bonds is 6. The first-order valence-corrected chi connectivity index (χ1v) is 28.7. The van der Waals surface area contributed by atoms with Crippen molar-refractivity contribution in [3.05, 3.63) is 279 Å². The van der Waals surface area contributed by atoms with E-state index in [-0.39, 0.29) is 0 Å². The van der Waals surface area contributed by atoms with Crippen LogP contribution < -0.4 is 0 Å². The normalized spacial score (nSPS) is 12.3. The molecule has 19 aromatic rings. The molecule has 0 amide bonds. The van der Waals surface area contributed by atoms with Crippen molar-refractivity contribution in [2.45, 2.75) is 0 Å². The van der Waals surface area contributed by atoms with E-state index < -0.39 is 0 Å². The Balaban J connectivity index is 0.690. The molecule has 0 aliphatic carbocycles. The highest BCUT2D eigenvalue weighted by Crippen LogP contribution is 2.43. The highest BCUT2D eigenvalue weighted by Gasteiger charge is 2.21. The quantitative estimate of drug-likeness (QED) is 0.167. The van der Waals surface area contributed by atoms with Gasteiger partial charge in [-0.2, -0.15) is 0 Å². The average Bonchev–Trinajstić information content (AvgIpc) is 2.53. The van der Waals surface area contributed by atoms with Crippen LogP contribution >= 0.6 is 0 Å². The first kappa shape index (κ1) is 45.4. The van der Waals surface area contributed by atoms with Crippen molar-refractivity contribution in [1.82, 2.24) is 18.3 Å². The lowest BCUT2D eigenvalue weighted by Crippen LogP contribution is -1.94. The third-order valence-corrected chi connectivity index (χ3v) is 17.9. The lowest BCUT2D eigenvalue weighted by Gasteiger charge is -2.10. The van der Waals surface area contributed by atoms with Gasteiger partial charge in [0, 0.05) is 87.4 Å². The van der Waals surface area contributed by atoms with Gasteiger partial charge in [-0.05, 0) is 162 Å². The predicted molar refractivity (Wildman–Crippen MR) is 349 cm³/mol. The molecule has 84 heavy (non-hydrogen) atoms. The van der Waals surface area contributed by atoms with Crippen molar-refractivity contribution in [2.24, 2.45) is 0 Å². The molecule has 6 heterocycles. The Morgan fingerprint density at radius 3 is 0.714 bits per heavy atom. The second-order valence-corrected chi connectivity index (χ2v) is 22.4. The molecule has 6 nitrogen and oxygen atoms in total. The van der Waals surface area contributed by atoms with Gasteiger partial charge in [0.1, 0.15) is 22.3 Å². The Morgan fingerprint density at radius 2 is 0.417 bits per heavy atom. The van der Waals surface area contributed by atoms with Crippen LogP contribution in [0.1, 0.15) is 0 Å². The van der Waals surface area contributed by atoms with Crippen molar-refractivity contribution in [3.8, 4) is 45.0 Å². The summed E-state index contributed by atoms with van der Waals surface area (Å²) in [6.07, 6.45) is 0. The number of benzene rings is 13. The van der Waals surface area contributed by atoms with Crippen molar-refractivity contribution in [3.63, 3.8) is 0 Å². The fourth-order valence-electron chi connectivity index (χ4n) is 14.2. The van der Waals surface area contributed by atoms with Crippen LogP contribution in [0.5, 0.6) is 0 Å². The smallest absolute Gasteiger partial charge is 0.135 e. The van der Waals surface area contributed by atoms with Gasteiger partial charge in [-0.1, -0.05) is 140 Å². The van der Waals surface area contributed by atoms with Gasteiger partial charge >= 0.3 is 0 Å². The van der Waals surface area contributed by atoms with E-state index in [1.54, 1.807) is 0 Å². The highest BCUT2D eigenvalue weighted by atomic mass is 16.3. The summed E-state index contributed by atoms with van der Waals surface area (Å²) < 4.78 is 22.6. The molecule has 0 N–H and O–H groups in total. The number of fused-ring (bicyclic) bond motifs is 18. The monoisotopic (exact) mass is 1070 g/mol. The van der Waals surface area contributed by atoms with Gasteiger partial charge in [0.2, 0.25) is 0 Å². The standard InChI is InChI=1S/C78H46N4O2/c1-7-22-67-55(16-1)56-17-2-8-23-68(56)79(67)51-30-36-75-63(43-51)65-45-53(32-38-77(65)83-75)81-71-26-11-5-20-59(71)61-41-49(28-34-73(61)81)47-14-13-15-48(40-47)50-29-35-74-62(42-50)60-21-6-12-27-72(60)82(74)54-33-39-78-66(46-54)64-44-52(31-37-76(64)84-78)80-69-24-9-3-18-57(69)58-19-4-10-25-70(58)80/h1-46H. The lowest BCUT2D eigenvalue weighted by molar-refractivity contribution is 0.668. The zero-order valence-electron chi connectivity index (χ0n) is 45.2. The molecular weight excluding hydrogens is 1020 g/mol. The molecule has 390 valence electrons. The summed E-state index contributed by atoms with van der Waals surface area (Å²) in [6, 6.07) is 102. The number of furan rings is 2. The molecule has 0 saturated heterocycles. The van der Waals surface area contributed by atoms with Crippen LogP contribution in [0, 0.1) is 0 Å². The Morgan fingerprint density at radius 1 is 0.167 bits per heavy atom. The zero-order chi connectivity index (χ0) is 54.7. The summed E-state index contributed by atoms with van der Waals surface area (Å²) in [5.74, 6) is 0. The van der Waals surface area contributed by atoms with E-state index in [0.29, 0.717) is 0 Å². The fourth-order valence-corrected chi connectivity index (χ4v) is 14.2. The summed E-state index contributed by atoms with van der Waals surface area (Å²) in [6.45, 7) is 0. The summed E-state index contributed by atoms with van der Waals surface area (Å²) in [7, 11) is 0. The lowest BCUT2D eigenvalue weighted by atomic mass is 9.97. The predicted octanol–water partition coefficient (Wildman–Crippen LogP) is 21.2. The van der Waals surface area contributed by atoms with Gasteiger partial charge < -0.3 is 27.1 Å². The zero-order valence-corrected chi connectivity index (χ0v) is 45.2. The molecule has 0 radical (unpaired) electrons. The van der Waals surface area contributed by atoms with Gasteiger partial charge in [0.15, 0.2) is 0 Å². The SMILES string of the molecule is c1cc(-c2ccc3c(c2)c2ccccc2n3-c2ccc3oc4ccc(-n5c6ccccc6c6ccccc65)cc4c3c2)cc(-c2ccc3c(c2)c2ccccc2n3-c2ccc3oc4ccc(-n5c6ccccc6c6ccccc65)cc4c3c2)c1. The molecule has 0 bridgehead atoms. The molecule has 0 saturated carbocycles. The topological polar surface area (TPSA) is 46.0 Å². The van der Waals surface area contributed by atoms with Crippen LogP contribution in [0.2, 0.25) is 0 Å². The van der Waals surface area contributed by atoms with E-state index in [1.165, 1.54) is 87.4 Å². The van der Waals surface area contributed by atoms with Crippen molar-refractivity contribution in [2.75, 3.05) is 0 Å². The Kier molecular flexibility index (Phi) is 9.24. The van der Waals surface area contributed by atoms with Crippen molar-refractivity contribution < 1.29 is 8.83 Å². The Bertz CT molecular complexity index is 5540. The minimum atomic E-state index is 0.869. The van der Waals surface area contributed by atoms with E-state index in [1.807, 2.05) is 0 Å². The second-order valence-electron chi connectivity index (χ2n) is 22.4. The number of nitrogens with zero attached hydrogens (tertiary/aromatic N) is 4. The summed E-state index contributed by atoms with van der Waals surface area (Å²) in [5.41, 5.74) is 21.9. The number of hydrogen-bond acceptors (Lipinski definition) is 2. The fraction of sp³-hybridized carbons (Fsp3) is 0. The first-order valence-electron chi connectivity index (χ1n) is 28.7. The van der Waals surface area contributed by atoms with Gasteiger partial charge in [-0.25, -0.2) is 0 Å². The van der Waals surface area contributed by atoms with E-state index in [0.717, 1.165) is 88.7 Å². The molecule has 0 spiro atoms. The molecule has 0 aliphatic heterocycles. The first-order chi connectivity index (χ1) is 41.6. The number of para-hydroxylation sites is 6. The Labute approximate surface area is 479 Å². The summed E-state index contributed by atoms with van der Waals surface area (Å²) in [4.78, 5) is 0. The molecule has 19 rings (SSSR count). The molecule has 0 fully saturated rings. The number of hydrogen-bond donors (Lipinski definition) is 0. The average molecular weight is 1070 g/mol. The maximum atomic E-state index is 6.54. The maximum absolute atomic E-state index is 6.54. The van der Waals surface area contributed by atoms with Gasteiger partial charge in [-0.3, -0.25) is 0 Å². The van der Waals surface area contributed by atoms with Crippen LogP contribution in [0.3, 0.4) is 0 Å².